The van der Waals surface area contributed by atoms with Gasteiger partial charge in [0.1, 0.15) is 17.9 Å². The molecule has 1 aliphatic carbocycles. The Labute approximate surface area is 232 Å². The van der Waals surface area contributed by atoms with Gasteiger partial charge in [-0.05, 0) is 43.4 Å². The molecule has 6 rings (SSSR count). The second-order valence-corrected chi connectivity index (χ2v) is 10.6. The molecule has 2 atom stereocenters. The smallest absolute Gasteiger partial charge is 0.410 e. The predicted octanol–water partition coefficient (Wildman–Crippen LogP) is 5.12. The number of aromatic nitrogens is 4. The first-order valence-corrected chi connectivity index (χ1v) is 13.9. The second kappa shape index (κ2) is 11.6. The van der Waals surface area contributed by atoms with E-state index in [1.54, 1.807) is 12.4 Å². The van der Waals surface area contributed by atoms with Gasteiger partial charge in [-0.3, -0.25) is 9.30 Å². The lowest BCUT2D eigenvalue weighted by molar-refractivity contribution is 0.0518. The molecule has 0 bridgehead atoms. The molecule has 1 N–H and O–H groups in total. The van der Waals surface area contributed by atoms with Crippen LogP contribution in [0.1, 0.15) is 31.2 Å². The Bertz CT molecular complexity index is 1420. The highest BCUT2D eigenvalue weighted by Crippen LogP contribution is 2.29. The van der Waals surface area contributed by atoms with Crippen LogP contribution in [0.5, 0.6) is 0 Å². The Morgan fingerprint density at radius 3 is 2.67 bits per heavy atom. The zero-order valence-corrected chi connectivity index (χ0v) is 22.5. The summed E-state index contributed by atoms with van der Waals surface area (Å²) in [6.07, 6.45) is 9.54. The van der Waals surface area contributed by atoms with Crippen LogP contribution in [0.15, 0.2) is 67.1 Å². The number of rotatable bonds is 6. The number of amides is 1. The minimum absolute atomic E-state index is 0.233. The second-order valence-electron chi connectivity index (χ2n) is 10.2. The van der Waals surface area contributed by atoms with Crippen molar-refractivity contribution in [2.24, 2.45) is 0 Å². The van der Waals surface area contributed by atoms with Gasteiger partial charge in [-0.1, -0.05) is 48.0 Å². The highest BCUT2D eigenvalue weighted by Gasteiger charge is 2.31. The SMILES string of the molecule is O=C(OCc1ccccc1)N1CCN([C@H]2CCC[C@@H](Nc3ncc(Cl)c(-c4cnc5ccccn45)n3)C2)CC1. The minimum atomic E-state index is -0.233. The summed E-state index contributed by atoms with van der Waals surface area (Å²) in [5.41, 5.74) is 3.34. The maximum absolute atomic E-state index is 12.6. The zero-order chi connectivity index (χ0) is 26.6. The molecular formula is C29H32ClN7O2. The number of imidazole rings is 1. The Balaban J connectivity index is 1.04. The van der Waals surface area contributed by atoms with Crippen LogP contribution in [-0.2, 0) is 11.3 Å². The molecule has 2 fully saturated rings. The van der Waals surface area contributed by atoms with E-state index < -0.39 is 0 Å². The number of ether oxygens (including phenoxy) is 1. The third-order valence-corrected chi connectivity index (χ3v) is 7.95. The number of hydrogen-bond donors (Lipinski definition) is 1. The molecule has 39 heavy (non-hydrogen) atoms. The van der Waals surface area contributed by atoms with Gasteiger partial charge in [0.15, 0.2) is 0 Å². The van der Waals surface area contributed by atoms with Crippen molar-refractivity contribution in [2.45, 2.75) is 44.4 Å². The van der Waals surface area contributed by atoms with E-state index in [4.69, 9.17) is 21.3 Å². The number of benzene rings is 1. The first-order chi connectivity index (χ1) is 19.1. The average molecular weight is 546 g/mol. The van der Waals surface area contributed by atoms with E-state index in [0.29, 0.717) is 42.4 Å². The van der Waals surface area contributed by atoms with Crippen molar-refractivity contribution in [3.05, 3.63) is 77.7 Å². The molecule has 1 amide bonds. The third kappa shape index (κ3) is 5.84. The zero-order valence-electron chi connectivity index (χ0n) is 21.7. The average Bonchev–Trinajstić information content (AvgIpc) is 3.42. The largest absolute Gasteiger partial charge is 0.445 e. The van der Waals surface area contributed by atoms with Gasteiger partial charge >= 0.3 is 6.09 Å². The maximum atomic E-state index is 12.6. The lowest BCUT2D eigenvalue weighted by atomic mass is 9.89. The summed E-state index contributed by atoms with van der Waals surface area (Å²) in [5.74, 6) is 0.580. The van der Waals surface area contributed by atoms with E-state index in [0.717, 1.165) is 55.7 Å². The van der Waals surface area contributed by atoms with Crippen molar-refractivity contribution in [3.63, 3.8) is 0 Å². The molecule has 1 saturated heterocycles. The quantitative estimate of drug-likeness (QED) is 0.359. The van der Waals surface area contributed by atoms with E-state index in [9.17, 15) is 4.79 Å². The van der Waals surface area contributed by atoms with E-state index in [-0.39, 0.29) is 12.1 Å². The molecule has 0 spiro atoms. The van der Waals surface area contributed by atoms with Crippen LogP contribution >= 0.6 is 11.6 Å². The van der Waals surface area contributed by atoms with Crippen LogP contribution in [0, 0.1) is 0 Å². The first kappa shape index (κ1) is 25.6. The number of piperazine rings is 1. The number of hydrogen-bond acceptors (Lipinski definition) is 7. The Hall–Kier alpha value is -3.69. The van der Waals surface area contributed by atoms with Crippen molar-refractivity contribution >= 4 is 29.3 Å². The van der Waals surface area contributed by atoms with Crippen LogP contribution in [-0.4, -0.2) is 73.5 Å². The molecule has 4 aromatic rings. The van der Waals surface area contributed by atoms with Gasteiger partial charge in [0.05, 0.1) is 23.1 Å². The minimum Gasteiger partial charge on any atom is -0.445 e. The summed E-state index contributed by atoms with van der Waals surface area (Å²) in [6, 6.07) is 16.4. The van der Waals surface area contributed by atoms with Crippen molar-refractivity contribution in [1.82, 2.24) is 29.2 Å². The van der Waals surface area contributed by atoms with Crippen LogP contribution in [0.25, 0.3) is 17.0 Å². The van der Waals surface area contributed by atoms with Gasteiger partial charge in [-0.15, -0.1) is 0 Å². The van der Waals surface area contributed by atoms with Crippen LogP contribution in [0.4, 0.5) is 10.7 Å². The van der Waals surface area contributed by atoms with Gasteiger partial charge in [0, 0.05) is 44.5 Å². The number of anilines is 1. The standard InChI is InChI=1S/C29H32ClN7O2/c30-24-18-32-28(34-27(24)25-19-31-26-11-4-5-12-37(25)26)33-22-9-6-10-23(17-22)35-13-15-36(16-14-35)29(38)39-20-21-7-2-1-3-8-21/h1-5,7-8,11-12,18-19,22-23H,6,9-10,13-17,20H2,(H,32,33,34)/t22-,23+/m1/s1. The van der Waals surface area contributed by atoms with Crippen molar-refractivity contribution in [1.29, 1.82) is 0 Å². The van der Waals surface area contributed by atoms with E-state index >= 15 is 0 Å². The van der Waals surface area contributed by atoms with Gasteiger partial charge in [0.2, 0.25) is 5.95 Å². The van der Waals surface area contributed by atoms with Crippen molar-refractivity contribution < 1.29 is 9.53 Å². The summed E-state index contributed by atoms with van der Waals surface area (Å²) >= 11 is 6.50. The molecule has 1 saturated carbocycles. The van der Waals surface area contributed by atoms with Crippen LogP contribution in [0.2, 0.25) is 5.02 Å². The fourth-order valence-electron chi connectivity index (χ4n) is 5.61. The summed E-state index contributed by atoms with van der Waals surface area (Å²) < 4.78 is 7.51. The van der Waals surface area contributed by atoms with Gasteiger partial charge < -0.3 is 15.0 Å². The molecule has 10 heteroatoms. The Morgan fingerprint density at radius 1 is 1.00 bits per heavy atom. The fourth-order valence-corrected chi connectivity index (χ4v) is 5.80. The topological polar surface area (TPSA) is 87.9 Å². The number of halogens is 1. The molecule has 202 valence electrons. The summed E-state index contributed by atoms with van der Waals surface area (Å²) in [7, 11) is 0. The van der Waals surface area contributed by atoms with Gasteiger partial charge in [-0.2, -0.15) is 0 Å². The molecular weight excluding hydrogens is 514 g/mol. The molecule has 1 aliphatic heterocycles. The number of nitrogens with zero attached hydrogens (tertiary/aromatic N) is 6. The van der Waals surface area contributed by atoms with Crippen LogP contribution < -0.4 is 5.32 Å². The first-order valence-electron chi connectivity index (χ1n) is 13.6. The normalized spacial score (nSPS) is 20.2. The van der Waals surface area contributed by atoms with Crippen molar-refractivity contribution in [3.8, 4) is 11.4 Å². The summed E-state index contributed by atoms with van der Waals surface area (Å²) in [6.45, 7) is 3.39. The number of carbonyl (C=O) groups excluding carboxylic acids is 1. The van der Waals surface area contributed by atoms with E-state index in [1.165, 1.54) is 0 Å². The fraction of sp³-hybridized carbons (Fsp3) is 0.379. The number of nitrogens with one attached hydrogen (secondary N) is 1. The Morgan fingerprint density at radius 2 is 1.82 bits per heavy atom. The molecule has 2 aliphatic rings. The molecule has 3 aromatic heterocycles. The lowest BCUT2D eigenvalue weighted by Crippen LogP contribution is -2.53. The summed E-state index contributed by atoms with van der Waals surface area (Å²) in [4.78, 5) is 30.6. The van der Waals surface area contributed by atoms with Crippen LogP contribution in [0.3, 0.4) is 0 Å². The maximum Gasteiger partial charge on any atom is 0.410 e. The van der Waals surface area contributed by atoms with Crippen molar-refractivity contribution in [2.75, 3.05) is 31.5 Å². The number of pyridine rings is 1. The van der Waals surface area contributed by atoms with Gasteiger partial charge in [-0.25, -0.2) is 19.7 Å². The highest BCUT2D eigenvalue weighted by atomic mass is 35.5. The van der Waals surface area contributed by atoms with E-state index in [1.807, 2.05) is 64.0 Å². The molecule has 1 aromatic carbocycles. The van der Waals surface area contributed by atoms with E-state index in [2.05, 4.69) is 20.2 Å². The van der Waals surface area contributed by atoms with Gasteiger partial charge in [0.25, 0.3) is 0 Å². The Kier molecular flexibility index (Phi) is 7.60. The number of carbonyl (C=O) groups is 1. The molecule has 0 unspecified atom stereocenters. The number of fused-ring (bicyclic) bond motifs is 1. The molecule has 9 nitrogen and oxygen atoms in total. The highest BCUT2D eigenvalue weighted by molar-refractivity contribution is 6.32. The predicted molar refractivity (Wildman–Crippen MR) is 151 cm³/mol. The molecule has 0 radical (unpaired) electrons. The monoisotopic (exact) mass is 545 g/mol. The molecule has 4 heterocycles. The summed E-state index contributed by atoms with van der Waals surface area (Å²) in [5, 5.41) is 4.06. The lowest BCUT2D eigenvalue weighted by Gasteiger charge is -2.42. The third-order valence-electron chi connectivity index (χ3n) is 7.68.